The molecular formula is C19H17F2N3O3. The molecule has 2 aromatic carbocycles. The number of anilines is 1. The Kier molecular flexibility index (Phi) is 5.07. The molecule has 0 bridgehead atoms. The number of benzene rings is 2. The topological polar surface area (TPSA) is 79.5 Å². The van der Waals surface area contributed by atoms with Crippen LogP contribution < -0.4 is 20.7 Å². The number of hydrogen-bond acceptors (Lipinski definition) is 3. The predicted octanol–water partition coefficient (Wildman–Crippen LogP) is 3.10. The lowest BCUT2D eigenvalue weighted by Crippen LogP contribution is -2.52. The van der Waals surface area contributed by atoms with Crippen molar-refractivity contribution in [3.63, 3.8) is 0 Å². The number of carbonyl (C=O) groups is 2. The van der Waals surface area contributed by atoms with E-state index in [1.54, 1.807) is 24.3 Å². The van der Waals surface area contributed by atoms with E-state index < -0.39 is 35.5 Å². The van der Waals surface area contributed by atoms with Crippen LogP contribution in [0.2, 0.25) is 0 Å². The van der Waals surface area contributed by atoms with Gasteiger partial charge in [-0.2, -0.15) is 0 Å². The monoisotopic (exact) mass is 373 g/mol. The van der Waals surface area contributed by atoms with E-state index in [2.05, 4.69) is 22.5 Å². The highest BCUT2D eigenvalue weighted by Crippen LogP contribution is 2.33. The number of rotatable bonds is 4. The first-order valence-corrected chi connectivity index (χ1v) is 8.06. The number of halogens is 2. The van der Waals surface area contributed by atoms with E-state index >= 15 is 0 Å². The smallest absolute Gasteiger partial charge is 0.319 e. The minimum absolute atomic E-state index is 0.0208. The molecule has 2 aromatic rings. The molecule has 1 fully saturated rings. The van der Waals surface area contributed by atoms with Crippen molar-refractivity contribution >= 4 is 17.6 Å². The number of carbonyl (C=O) groups excluding carboxylic acids is 2. The molecule has 1 aliphatic heterocycles. The zero-order chi connectivity index (χ0) is 19.6. The molecule has 0 radical (unpaired) electrons. The normalized spacial score (nSPS) is 19.1. The van der Waals surface area contributed by atoms with Crippen LogP contribution in [0.15, 0.2) is 54.7 Å². The summed E-state index contributed by atoms with van der Waals surface area (Å²) >= 11 is 0. The van der Waals surface area contributed by atoms with E-state index in [0.29, 0.717) is 17.5 Å². The first kappa shape index (κ1) is 18.4. The third-order valence-corrected chi connectivity index (χ3v) is 4.21. The third kappa shape index (κ3) is 3.74. The van der Waals surface area contributed by atoms with E-state index in [0.717, 1.165) is 6.07 Å². The summed E-state index contributed by atoms with van der Waals surface area (Å²) in [6.45, 7) is 3.71. The molecule has 0 spiro atoms. The van der Waals surface area contributed by atoms with Gasteiger partial charge in [-0.3, -0.25) is 4.79 Å². The molecule has 140 valence electrons. The van der Waals surface area contributed by atoms with Crippen LogP contribution in [-0.4, -0.2) is 19.0 Å². The van der Waals surface area contributed by atoms with Crippen LogP contribution in [0.4, 0.5) is 19.3 Å². The Bertz CT molecular complexity index is 917. The summed E-state index contributed by atoms with van der Waals surface area (Å²) in [5.74, 6) is -2.76. The van der Waals surface area contributed by atoms with Crippen molar-refractivity contribution < 1.29 is 23.1 Å². The molecule has 3 rings (SSSR count). The highest BCUT2D eigenvalue weighted by atomic mass is 19.1. The Morgan fingerprint density at radius 2 is 1.96 bits per heavy atom. The van der Waals surface area contributed by atoms with Gasteiger partial charge in [0.25, 0.3) is 0 Å². The third-order valence-electron chi connectivity index (χ3n) is 4.21. The molecule has 0 unspecified atom stereocenters. The van der Waals surface area contributed by atoms with Gasteiger partial charge in [0.15, 0.2) is 0 Å². The fourth-order valence-corrected chi connectivity index (χ4v) is 2.96. The van der Waals surface area contributed by atoms with Crippen molar-refractivity contribution in [2.45, 2.75) is 6.04 Å². The lowest BCUT2D eigenvalue weighted by molar-refractivity contribution is -0.119. The van der Waals surface area contributed by atoms with Gasteiger partial charge in [0.2, 0.25) is 5.91 Å². The largest absolute Gasteiger partial charge is 0.495 e. The molecule has 1 aliphatic rings. The fraction of sp³-hybridized carbons (Fsp3) is 0.158. The van der Waals surface area contributed by atoms with Crippen LogP contribution in [0.25, 0.3) is 0 Å². The van der Waals surface area contributed by atoms with Crippen molar-refractivity contribution in [1.29, 1.82) is 0 Å². The minimum Gasteiger partial charge on any atom is -0.495 e. The summed E-state index contributed by atoms with van der Waals surface area (Å²) in [6, 6.07) is 8.03. The lowest BCUT2D eigenvalue weighted by Gasteiger charge is -2.34. The van der Waals surface area contributed by atoms with Crippen LogP contribution >= 0.6 is 0 Å². The van der Waals surface area contributed by atoms with E-state index in [9.17, 15) is 18.4 Å². The van der Waals surface area contributed by atoms with E-state index in [4.69, 9.17) is 4.74 Å². The molecule has 0 saturated carbocycles. The zero-order valence-electron chi connectivity index (χ0n) is 14.4. The molecule has 2 atom stereocenters. The average Bonchev–Trinajstić information content (AvgIpc) is 2.61. The van der Waals surface area contributed by atoms with Crippen LogP contribution in [0.5, 0.6) is 5.75 Å². The minimum atomic E-state index is -1.05. The number of methoxy groups -OCH3 is 1. The highest BCUT2D eigenvalue weighted by Gasteiger charge is 2.39. The molecule has 1 heterocycles. The predicted molar refractivity (Wildman–Crippen MR) is 95.0 cm³/mol. The summed E-state index contributed by atoms with van der Waals surface area (Å²) in [4.78, 5) is 24.7. The molecule has 1 saturated heterocycles. The quantitative estimate of drug-likeness (QED) is 0.771. The van der Waals surface area contributed by atoms with Gasteiger partial charge in [-0.15, -0.1) is 0 Å². The fourth-order valence-electron chi connectivity index (χ4n) is 2.96. The molecule has 27 heavy (non-hydrogen) atoms. The number of hydrogen-bond donors (Lipinski definition) is 3. The summed E-state index contributed by atoms with van der Waals surface area (Å²) in [6.07, 6.45) is 0. The Hall–Kier alpha value is -3.42. The van der Waals surface area contributed by atoms with Gasteiger partial charge in [-0.05, 0) is 18.2 Å². The molecule has 3 amide bonds. The first-order valence-electron chi connectivity index (χ1n) is 8.06. The van der Waals surface area contributed by atoms with Gasteiger partial charge >= 0.3 is 6.03 Å². The van der Waals surface area contributed by atoms with E-state index in [1.807, 2.05) is 0 Å². The highest BCUT2D eigenvalue weighted by molar-refractivity contribution is 5.98. The van der Waals surface area contributed by atoms with Gasteiger partial charge in [0.05, 0.1) is 18.8 Å². The maximum atomic E-state index is 14.3. The molecule has 0 aliphatic carbocycles. The molecule has 6 nitrogen and oxygen atoms in total. The van der Waals surface area contributed by atoms with Crippen LogP contribution in [0.3, 0.4) is 0 Å². The number of para-hydroxylation sites is 2. The first-order chi connectivity index (χ1) is 12.9. The number of urea groups is 1. The maximum Gasteiger partial charge on any atom is 0.319 e. The molecule has 0 aromatic heterocycles. The SMILES string of the molecule is C=C1NC(=O)N[C@@H](c2ccc(F)cc2F)[C@H]1C(=O)Nc1ccccc1OC. The second kappa shape index (κ2) is 7.45. The number of ether oxygens (including phenoxy) is 1. The zero-order valence-corrected chi connectivity index (χ0v) is 14.4. The molecule has 3 N–H and O–H groups in total. The lowest BCUT2D eigenvalue weighted by atomic mass is 9.88. The van der Waals surface area contributed by atoms with E-state index in [-0.39, 0.29) is 11.3 Å². The number of amides is 3. The van der Waals surface area contributed by atoms with Gasteiger partial charge in [-0.1, -0.05) is 24.8 Å². The van der Waals surface area contributed by atoms with Gasteiger partial charge in [0.1, 0.15) is 23.3 Å². The van der Waals surface area contributed by atoms with Gasteiger partial charge in [0, 0.05) is 17.3 Å². The van der Waals surface area contributed by atoms with Crippen molar-refractivity contribution in [3.05, 3.63) is 71.9 Å². The van der Waals surface area contributed by atoms with Crippen LogP contribution in [0.1, 0.15) is 11.6 Å². The van der Waals surface area contributed by atoms with Crippen LogP contribution in [-0.2, 0) is 4.79 Å². The van der Waals surface area contributed by atoms with Crippen molar-refractivity contribution in [1.82, 2.24) is 10.6 Å². The summed E-state index contributed by atoms with van der Waals surface area (Å²) < 4.78 is 32.7. The Balaban J connectivity index is 1.95. The Morgan fingerprint density at radius 3 is 2.67 bits per heavy atom. The molecular weight excluding hydrogens is 356 g/mol. The van der Waals surface area contributed by atoms with Crippen LogP contribution in [0, 0.1) is 17.6 Å². The Labute approximate surface area is 154 Å². The van der Waals surface area contributed by atoms with Gasteiger partial charge < -0.3 is 20.7 Å². The van der Waals surface area contributed by atoms with Gasteiger partial charge in [-0.25, -0.2) is 13.6 Å². The van der Waals surface area contributed by atoms with Crippen molar-refractivity contribution in [2.24, 2.45) is 5.92 Å². The number of nitrogens with one attached hydrogen (secondary N) is 3. The second-order valence-corrected chi connectivity index (χ2v) is 5.93. The second-order valence-electron chi connectivity index (χ2n) is 5.93. The summed E-state index contributed by atoms with van der Waals surface area (Å²) in [5, 5.41) is 7.62. The summed E-state index contributed by atoms with van der Waals surface area (Å²) in [5.41, 5.74) is 0.487. The molecule has 8 heteroatoms. The van der Waals surface area contributed by atoms with Crippen molar-refractivity contribution in [2.75, 3.05) is 12.4 Å². The standard InChI is InChI=1S/C19H17F2N3O3/c1-10-16(18(25)23-14-5-3-4-6-15(14)27-2)17(24-19(26)22-10)12-8-7-11(20)9-13(12)21/h3-9,16-17H,1H2,2H3,(H,23,25)(H2,22,24,26)/t16-,17-/m0/s1. The van der Waals surface area contributed by atoms with E-state index in [1.165, 1.54) is 13.2 Å². The average molecular weight is 373 g/mol. The summed E-state index contributed by atoms with van der Waals surface area (Å²) in [7, 11) is 1.46. The maximum absolute atomic E-state index is 14.3. The Morgan fingerprint density at radius 1 is 1.22 bits per heavy atom. The van der Waals surface area contributed by atoms with Crippen molar-refractivity contribution in [3.8, 4) is 5.75 Å².